The highest BCUT2D eigenvalue weighted by atomic mass is 35.5. The Balaban J connectivity index is 1.58. The first-order valence-electron chi connectivity index (χ1n) is 7.36. The Morgan fingerprint density at radius 2 is 2.26 bits per heavy atom. The fraction of sp³-hybridized carbons (Fsp3) is 0.400. The summed E-state index contributed by atoms with van der Waals surface area (Å²) in [6, 6.07) is 1.50. The number of hydrogen-bond donors (Lipinski definition) is 2. The van der Waals surface area contributed by atoms with Crippen molar-refractivity contribution in [3.05, 3.63) is 47.3 Å². The van der Waals surface area contributed by atoms with Crippen LogP contribution in [0.15, 0.2) is 31.0 Å². The van der Waals surface area contributed by atoms with Gasteiger partial charge in [-0.05, 0) is 12.5 Å². The molecule has 0 saturated carbocycles. The standard InChI is InChI=1S/C15H17ClFN5O/c16-11-1-14(20-5-11)15(23)21-6-13-2-12(17)8-22(13)7-10-3-18-9-19-4-10/h1,3-5,9,12-13,20H,2,6-8H2,(H,21,23)/t12-,13-/m0/s1. The maximum atomic E-state index is 13.8. The third-order valence-electron chi connectivity index (χ3n) is 3.87. The Morgan fingerprint density at radius 1 is 1.48 bits per heavy atom. The molecule has 0 spiro atoms. The first-order chi connectivity index (χ1) is 11.1. The van der Waals surface area contributed by atoms with Crippen molar-refractivity contribution in [2.75, 3.05) is 13.1 Å². The van der Waals surface area contributed by atoms with E-state index in [1.165, 1.54) is 6.33 Å². The fourth-order valence-corrected chi connectivity index (χ4v) is 2.94. The van der Waals surface area contributed by atoms with Crippen molar-refractivity contribution >= 4 is 17.5 Å². The number of rotatable bonds is 5. The number of amides is 1. The lowest BCUT2D eigenvalue weighted by molar-refractivity contribution is 0.0935. The molecule has 2 N–H and O–H groups in total. The molecule has 3 rings (SSSR count). The Morgan fingerprint density at radius 3 is 2.96 bits per heavy atom. The van der Waals surface area contributed by atoms with E-state index >= 15 is 0 Å². The second-order valence-corrected chi connectivity index (χ2v) is 6.04. The molecule has 2 aromatic heterocycles. The number of hydrogen-bond acceptors (Lipinski definition) is 4. The van der Waals surface area contributed by atoms with Crippen molar-refractivity contribution in [1.82, 2.24) is 25.2 Å². The van der Waals surface area contributed by atoms with E-state index in [4.69, 9.17) is 11.6 Å². The molecule has 2 atom stereocenters. The van der Waals surface area contributed by atoms with Crippen molar-refractivity contribution in [2.24, 2.45) is 0 Å². The number of likely N-dealkylation sites (tertiary alicyclic amines) is 1. The largest absolute Gasteiger partial charge is 0.356 e. The van der Waals surface area contributed by atoms with Crippen molar-refractivity contribution in [2.45, 2.75) is 25.2 Å². The van der Waals surface area contributed by atoms with Crippen LogP contribution in [-0.2, 0) is 6.54 Å². The van der Waals surface area contributed by atoms with Gasteiger partial charge in [0.1, 0.15) is 18.2 Å². The zero-order valence-electron chi connectivity index (χ0n) is 12.4. The monoisotopic (exact) mass is 337 g/mol. The smallest absolute Gasteiger partial charge is 0.267 e. The molecule has 122 valence electrons. The molecule has 23 heavy (non-hydrogen) atoms. The minimum absolute atomic E-state index is 0.0559. The van der Waals surface area contributed by atoms with Crippen LogP contribution < -0.4 is 5.32 Å². The van der Waals surface area contributed by atoms with E-state index in [9.17, 15) is 9.18 Å². The predicted molar refractivity (Wildman–Crippen MR) is 83.9 cm³/mol. The van der Waals surface area contributed by atoms with Crippen LogP contribution in [0.4, 0.5) is 4.39 Å². The van der Waals surface area contributed by atoms with Gasteiger partial charge in [-0.2, -0.15) is 0 Å². The van der Waals surface area contributed by atoms with Crippen LogP contribution in [0.2, 0.25) is 5.02 Å². The minimum atomic E-state index is -0.888. The molecular weight excluding hydrogens is 321 g/mol. The van der Waals surface area contributed by atoms with Gasteiger partial charge in [0, 0.05) is 49.8 Å². The van der Waals surface area contributed by atoms with Crippen LogP contribution in [0.1, 0.15) is 22.5 Å². The van der Waals surface area contributed by atoms with Gasteiger partial charge in [0.25, 0.3) is 5.91 Å². The number of aromatic amines is 1. The van der Waals surface area contributed by atoms with Gasteiger partial charge in [-0.1, -0.05) is 11.6 Å². The molecule has 1 fully saturated rings. The van der Waals surface area contributed by atoms with Crippen LogP contribution >= 0.6 is 11.6 Å². The summed E-state index contributed by atoms with van der Waals surface area (Å²) in [4.78, 5) is 24.8. The SMILES string of the molecule is O=C(NC[C@@H]1C[C@H](F)CN1Cc1cncnc1)c1cc(Cl)c[nH]1. The minimum Gasteiger partial charge on any atom is -0.356 e. The first kappa shape index (κ1) is 15.9. The Labute approximate surface area is 138 Å². The second-order valence-electron chi connectivity index (χ2n) is 5.60. The molecule has 0 aromatic carbocycles. The summed E-state index contributed by atoms with van der Waals surface area (Å²) < 4.78 is 13.8. The molecule has 1 saturated heterocycles. The number of H-pyrrole nitrogens is 1. The summed E-state index contributed by atoms with van der Waals surface area (Å²) in [5.41, 5.74) is 1.32. The van der Waals surface area contributed by atoms with Gasteiger partial charge in [0.15, 0.2) is 0 Å². The molecule has 2 aromatic rings. The highest BCUT2D eigenvalue weighted by Gasteiger charge is 2.32. The molecule has 0 radical (unpaired) electrons. The Hall–Kier alpha value is -1.99. The number of carbonyl (C=O) groups is 1. The molecular formula is C15H17ClFN5O. The van der Waals surface area contributed by atoms with E-state index < -0.39 is 6.17 Å². The van der Waals surface area contributed by atoms with Gasteiger partial charge in [-0.3, -0.25) is 9.69 Å². The van der Waals surface area contributed by atoms with Gasteiger partial charge >= 0.3 is 0 Å². The van der Waals surface area contributed by atoms with Crippen LogP contribution in [0, 0.1) is 0 Å². The van der Waals surface area contributed by atoms with Crippen LogP contribution in [0.5, 0.6) is 0 Å². The third kappa shape index (κ3) is 4.05. The highest BCUT2D eigenvalue weighted by molar-refractivity contribution is 6.30. The topological polar surface area (TPSA) is 73.9 Å². The average molecular weight is 338 g/mol. The number of nitrogens with one attached hydrogen (secondary N) is 2. The van der Waals surface area contributed by atoms with E-state index in [1.807, 2.05) is 4.90 Å². The molecule has 1 amide bonds. The number of aromatic nitrogens is 3. The summed E-state index contributed by atoms with van der Waals surface area (Å²) in [6.45, 7) is 1.30. The van der Waals surface area contributed by atoms with Gasteiger partial charge in [0.2, 0.25) is 0 Å². The van der Waals surface area contributed by atoms with E-state index in [2.05, 4.69) is 20.3 Å². The second kappa shape index (κ2) is 7.06. The molecule has 1 aliphatic heterocycles. The molecule has 0 aliphatic carbocycles. The molecule has 1 aliphatic rings. The van der Waals surface area contributed by atoms with E-state index in [-0.39, 0.29) is 11.9 Å². The van der Waals surface area contributed by atoms with E-state index in [0.717, 1.165) is 5.56 Å². The van der Waals surface area contributed by atoms with Gasteiger partial charge in [-0.15, -0.1) is 0 Å². The lowest BCUT2D eigenvalue weighted by atomic mass is 10.2. The number of carbonyl (C=O) groups excluding carboxylic acids is 1. The van der Waals surface area contributed by atoms with Gasteiger partial charge in [-0.25, -0.2) is 14.4 Å². The lowest BCUT2D eigenvalue weighted by Gasteiger charge is -2.23. The normalized spacial score (nSPS) is 21.5. The average Bonchev–Trinajstić information content (AvgIpc) is 3.12. The summed E-state index contributed by atoms with van der Waals surface area (Å²) in [6.07, 6.45) is 5.96. The van der Waals surface area contributed by atoms with E-state index in [0.29, 0.717) is 36.8 Å². The summed E-state index contributed by atoms with van der Waals surface area (Å²) in [5, 5.41) is 3.30. The molecule has 6 nitrogen and oxygen atoms in total. The zero-order chi connectivity index (χ0) is 16.2. The number of alkyl halides is 1. The lowest BCUT2D eigenvalue weighted by Crippen LogP contribution is -2.40. The third-order valence-corrected chi connectivity index (χ3v) is 4.09. The van der Waals surface area contributed by atoms with Crippen molar-refractivity contribution in [3.63, 3.8) is 0 Å². The first-order valence-corrected chi connectivity index (χ1v) is 7.73. The van der Waals surface area contributed by atoms with Crippen molar-refractivity contribution < 1.29 is 9.18 Å². The fourth-order valence-electron chi connectivity index (χ4n) is 2.78. The van der Waals surface area contributed by atoms with Gasteiger partial charge in [0.05, 0.1) is 5.02 Å². The van der Waals surface area contributed by atoms with E-state index in [1.54, 1.807) is 24.7 Å². The molecule has 8 heteroatoms. The zero-order valence-corrected chi connectivity index (χ0v) is 13.1. The maximum Gasteiger partial charge on any atom is 0.267 e. The van der Waals surface area contributed by atoms with Crippen molar-refractivity contribution in [3.8, 4) is 0 Å². The van der Waals surface area contributed by atoms with Crippen molar-refractivity contribution in [1.29, 1.82) is 0 Å². The van der Waals surface area contributed by atoms with Gasteiger partial charge < -0.3 is 10.3 Å². The number of nitrogens with zero attached hydrogens (tertiary/aromatic N) is 3. The summed E-state index contributed by atoms with van der Waals surface area (Å²) >= 11 is 5.78. The number of halogens is 2. The Kier molecular flexibility index (Phi) is 4.88. The quantitative estimate of drug-likeness (QED) is 0.872. The summed E-state index contributed by atoms with van der Waals surface area (Å²) in [7, 11) is 0. The maximum absolute atomic E-state index is 13.8. The summed E-state index contributed by atoms with van der Waals surface area (Å²) in [5.74, 6) is -0.248. The van der Waals surface area contributed by atoms with Crippen LogP contribution in [0.3, 0.4) is 0 Å². The molecule has 0 bridgehead atoms. The Bertz CT molecular complexity index is 665. The predicted octanol–water partition coefficient (Wildman–Crippen LogP) is 1.80. The molecule has 3 heterocycles. The van der Waals surface area contributed by atoms with Crippen LogP contribution in [0.25, 0.3) is 0 Å². The highest BCUT2D eigenvalue weighted by Crippen LogP contribution is 2.22. The van der Waals surface area contributed by atoms with Crippen LogP contribution in [-0.4, -0.2) is 51.1 Å². The molecule has 0 unspecified atom stereocenters.